The van der Waals surface area contributed by atoms with Crippen LogP contribution in [0.15, 0.2) is 35.3 Å². The predicted octanol–water partition coefficient (Wildman–Crippen LogP) is -2.95. The Morgan fingerprint density at radius 3 is 1.73 bits per heavy atom. The van der Waals surface area contributed by atoms with E-state index in [4.69, 9.17) is 36.6 Å². The number of aliphatic imine (C=N–C) groups is 1. The number of nitrogens with zero attached hydrogens (tertiary/aromatic N) is 1. The first kappa shape index (κ1) is 91.6. The van der Waals surface area contributed by atoms with Crippen LogP contribution in [0.5, 0.6) is 0 Å². The summed E-state index contributed by atoms with van der Waals surface area (Å²) < 4.78 is 43.3. The number of aliphatic hydroxyl groups is 4. The number of amides is 12. The minimum absolute atomic E-state index is 0.0332. The Bertz CT molecular complexity index is 3180. The summed E-state index contributed by atoms with van der Waals surface area (Å²) in [6.07, 6.45) is -12.6. The highest BCUT2D eigenvalue weighted by molar-refractivity contribution is 6.01. The molecule has 36 nitrogen and oxygen atoms in total. The highest BCUT2D eigenvalue weighted by atomic mass is 19.4. The fourth-order valence-electron chi connectivity index (χ4n) is 10.7. The van der Waals surface area contributed by atoms with Crippen molar-refractivity contribution < 1.29 is 115 Å². The highest BCUT2D eigenvalue weighted by Crippen LogP contribution is 2.31. The normalized spacial score (nSPS) is 23.9. The predicted molar refractivity (Wildman–Crippen MR) is 368 cm³/mol. The van der Waals surface area contributed by atoms with E-state index in [9.17, 15) is 81.5 Å². The number of carbonyl (C=O) groups is 14. The van der Waals surface area contributed by atoms with Gasteiger partial charge in [0.05, 0.1) is 25.4 Å². The molecule has 12 amide bonds. The number of hydrogen-bond donors (Lipinski definition) is 19. The van der Waals surface area contributed by atoms with Crippen molar-refractivity contribution in [2.24, 2.45) is 45.9 Å². The van der Waals surface area contributed by atoms with E-state index in [1.165, 1.54) is 44.2 Å². The number of carboxylic acids is 1. The molecule has 1 aromatic rings. The largest absolute Gasteiger partial charge is 0.490 e. The number of guanidine groups is 1. The molecule has 2 fully saturated rings. The number of alkyl halides is 3. The molecule has 2 aliphatic rings. The number of nitrogens with two attached hydrogens (primary N) is 3. The minimum Gasteiger partial charge on any atom is -0.475 e. The third-order valence-corrected chi connectivity index (χ3v) is 16.5. The number of esters is 1. The summed E-state index contributed by atoms with van der Waals surface area (Å²) in [5, 5.41) is 78.5. The number of hydrogen-bond acceptors (Lipinski definition) is 21. The first-order chi connectivity index (χ1) is 48.7. The summed E-state index contributed by atoms with van der Waals surface area (Å²) >= 11 is 0. The van der Waals surface area contributed by atoms with Crippen LogP contribution in [0.25, 0.3) is 0 Å². The second kappa shape index (κ2) is 42.5. The van der Waals surface area contributed by atoms with Gasteiger partial charge in [0.25, 0.3) is 0 Å². The molecule has 0 bridgehead atoms. The summed E-state index contributed by atoms with van der Waals surface area (Å²) in [4.78, 5) is 199. The Balaban J connectivity index is 0.00000507. The molecule has 2 unspecified atom stereocenters. The molecule has 0 radical (unpaired) electrons. The second-order valence-electron chi connectivity index (χ2n) is 27.9. The lowest BCUT2D eigenvalue weighted by atomic mass is 9.80. The zero-order chi connectivity index (χ0) is 80.2. The molecular weight excluding hydrogens is 1400 g/mol. The van der Waals surface area contributed by atoms with Gasteiger partial charge in [-0.1, -0.05) is 111 Å². The van der Waals surface area contributed by atoms with Crippen LogP contribution in [0, 0.1) is 23.7 Å². The van der Waals surface area contributed by atoms with Gasteiger partial charge in [-0.15, -0.1) is 0 Å². The molecule has 0 spiro atoms. The van der Waals surface area contributed by atoms with Gasteiger partial charge in [-0.3, -0.25) is 57.7 Å². The SMILES string of the molecule is CC[C@H](C)C1NC(=O)[C@@H](CCCN=C(N)N)NC(=O)[C@H](CC(C)C)NC(=O)[C@H]([C@H](O)C(C)C)NC(=O)[C@@H](NC(=O)[C@H](CC(C)C)NC(=O)C2(NC(=O)OC(C)(C)C)CCCCC2)[C@@H](c2ccccc2)OC(=O)[C@H](CO)NC(=O)[C@H]([C@H](O)C(N)=O)NC(=O)CNC(=O)C([C@H](C)O)NC1=O.O=C(O)C(F)(F)F. The molecule has 1 aliphatic heterocycles. The molecule has 39 heteroatoms. The molecule has 1 saturated heterocycles. The van der Waals surface area contributed by atoms with Crippen molar-refractivity contribution in [2.75, 3.05) is 19.7 Å². The lowest BCUT2D eigenvalue weighted by Gasteiger charge is -2.38. The Morgan fingerprint density at radius 1 is 0.695 bits per heavy atom. The van der Waals surface area contributed by atoms with Crippen LogP contribution in [0.2, 0.25) is 0 Å². The maximum Gasteiger partial charge on any atom is 0.490 e. The molecule has 14 atom stereocenters. The maximum absolute atomic E-state index is 15.6. The van der Waals surface area contributed by atoms with Gasteiger partial charge in [-0.25, -0.2) is 14.4 Å². The number of cyclic esters (lactones) is 1. The first-order valence-corrected chi connectivity index (χ1v) is 34.3. The Labute approximate surface area is 605 Å². The molecule has 1 saturated carbocycles. The van der Waals surface area contributed by atoms with Crippen LogP contribution in [0.1, 0.15) is 159 Å². The Morgan fingerprint density at radius 2 is 1.23 bits per heavy atom. The second-order valence-corrected chi connectivity index (χ2v) is 27.9. The first-order valence-electron chi connectivity index (χ1n) is 34.3. The Kier molecular flexibility index (Phi) is 37.0. The maximum atomic E-state index is 15.6. The van der Waals surface area contributed by atoms with Crippen molar-refractivity contribution in [3.63, 3.8) is 0 Å². The molecule has 0 aromatic heterocycles. The van der Waals surface area contributed by atoms with Gasteiger partial charge in [0, 0.05) is 6.54 Å². The lowest BCUT2D eigenvalue weighted by Crippen LogP contribution is -2.65. The van der Waals surface area contributed by atoms with Crippen molar-refractivity contribution >= 4 is 89.0 Å². The quantitative estimate of drug-likeness (QED) is 0.0239. The van der Waals surface area contributed by atoms with Gasteiger partial charge in [-0.2, -0.15) is 13.2 Å². The van der Waals surface area contributed by atoms with E-state index in [1.54, 1.807) is 62.3 Å². The van der Waals surface area contributed by atoms with Crippen molar-refractivity contribution in [1.82, 2.24) is 58.5 Å². The van der Waals surface area contributed by atoms with Gasteiger partial charge in [-0.05, 0) is 95.5 Å². The van der Waals surface area contributed by atoms with Gasteiger partial charge >= 0.3 is 24.2 Å². The number of benzene rings is 1. The number of ether oxygens (including phenoxy) is 2. The summed E-state index contributed by atoms with van der Waals surface area (Å²) in [6, 6.07) is -10.0. The van der Waals surface area contributed by atoms with E-state index in [1.807, 2.05) is 10.6 Å². The number of carboxylic acid groups (broad SMARTS) is 1. The van der Waals surface area contributed by atoms with E-state index in [-0.39, 0.29) is 63.0 Å². The standard InChI is InChI=1S/C64H105N15O19.C2HF3O2/c1-13-34(8)42-55(90)76-43(35(9)81)54(89)69-29-41(82)74-45(48(84)50(65)85)57(92)72-40(30-80)59(94)97-49(36-21-16-14-17-22-36)46(78-53(88)39(28-32(4)5)73-60(95)64(24-18-15-19-25-64)79-62(96)98-63(10,11)12)58(93)77-44(47(83)33(6)7)56(91)71-38(27-31(2)3)52(87)70-37(51(86)75-42)23-20-26-68-61(66)67;3-2(4,5)1(6)7/h14,16-17,21-22,31-35,37-40,42-49,80-81,83-84H,13,15,18-20,23-30H2,1-12H3,(H2,65,85)(H,69,89)(H,70,87)(H,71,91)(H,72,92)(H,73,95)(H,74,82)(H,75,86)(H,76,90)(H,77,93)(H,78,88)(H,79,96)(H4,66,67,68);(H,6,7)/t34-,35-,37+,38-,39-,40-,42?,43?,44-,45-,46-,47+,48-,49+;/m0./s1. The molecular formula is C66H106F3N15O21. The van der Waals surface area contributed by atoms with E-state index in [0.29, 0.717) is 19.3 Å². The molecule has 105 heavy (non-hydrogen) atoms. The topological polar surface area (TPSA) is 581 Å². The fourth-order valence-corrected chi connectivity index (χ4v) is 10.7. The van der Waals surface area contributed by atoms with Crippen LogP contribution in [0.3, 0.4) is 0 Å². The van der Waals surface area contributed by atoms with Crippen molar-refractivity contribution in [1.29, 1.82) is 0 Å². The highest BCUT2D eigenvalue weighted by Gasteiger charge is 2.47. The number of primary amides is 1. The van der Waals surface area contributed by atoms with E-state index >= 15 is 14.4 Å². The lowest BCUT2D eigenvalue weighted by molar-refractivity contribution is -0.192. The van der Waals surface area contributed by atoms with E-state index in [0.717, 1.165) is 6.92 Å². The monoisotopic (exact) mass is 1500 g/mol. The fraction of sp³-hybridized carbons (Fsp3) is 0.682. The van der Waals surface area contributed by atoms with E-state index in [2.05, 4.69) is 52.8 Å². The summed E-state index contributed by atoms with van der Waals surface area (Å²) in [5.74, 6) is -20.3. The van der Waals surface area contributed by atoms with Gasteiger partial charge < -0.3 is 111 Å². The molecule has 22 N–H and O–H groups in total. The zero-order valence-electron chi connectivity index (χ0n) is 61.0. The number of alkyl carbamates (subject to hydrolysis) is 1. The summed E-state index contributed by atoms with van der Waals surface area (Å²) in [5.41, 5.74) is 13.8. The minimum atomic E-state index is -5.08. The Hall–Kier alpha value is -9.50. The number of rotatable bonds is 22. The van der Waals surface area contributed by atoms with Crippen LogP contribution >= 0.6 is 0 Å². The van der Waals surface area contributed by atoms with Crippen LogP contribution in [-0.4, -0.2) is 224 Å². The number of halogens is 3. The molecule has 1 aromatic carbocycles. The van der Waals surface area contributed by atoms with Crippen molar-refractivity contribution in [3.05, 3.63) is 35.9 Å². The van der Waals surface area contributed by atoms with Gasteiger partial charge in [0.2, 0.25) is 65.0 Å². The number of carbonyl (C=O) groups excluding carboxylic acids is 13. The van der Waals surface area contributed by atoms with Crippen LogP contribution in [0.4, 0.5) is 18.0 Å². The van der Waals surface area contributed by atoms with Gasteiger partial charge in [0.1, 0.15) is 59.5 Å². The van der Waals surface area contributed by atoms with Crippen molar-refractivity contribution in [2.45, 2.75) is 243 Å². The average molecular weight is 1500 g/mol. The third kappa shape index (κ3) is 30.6. The molecule has 592 valence electrons. The third-order valence-electron chi connectivity index (χ3n) is 16.5. The summed E-state index contributed by atoms with van der Waals surface area (Å²) in [6.45, 7) is 16.5. The molecule has 1 aliphatic carbocycles. The molecule has 3 rings (SSSR count). The average Bonchev–Trinajstić information content (AvgIpc) is 0.806. The molecule has 1 heterocycles. The number of aliphatic carboxylic acids is 1. The number of nitrogens with one attached hydrogen (secondary N) is 11. The van der Waals surface area contributed by atoms with Crippen molar-refractivity contribution in [3.8, 4) is 0 Å². The van der Waals surface area contributed by atoms with Crippen LogP contribution < -0.4 is 75.7 Å². The van der Waals surface area contributed by atoms with E-state index < -0.39 is 216 Å². The van der Waals surface area contributed by atoms with Crippen LogP contribution in [-0.2, 0) is 71.8 Å². The summed E-state index contributed by atoms with van der Waals surface area (Å²) in [7, 11) is 0. The number of aliphatic hydroxyl groups excluding tert-OH is 4. The smallest absolute Gasteiger partial charge is 0.475 e. The zero-order valence-corrected chi connectivity index (χ0v) is 61.0. The van der Waals surface area contributed by atoms with Gasteiger partial charge in [0.15, 0.2) is 24.2 Å².